The molecule has 0 radical (unpaired) electrons. The molecular formula is C19H13Cl2NO4S. The monoisotopic (exact) mass is 421 g/mol. The highest BCUT2D eigenvalue weighted by molar-refractivity contribution is 7.15. The van der Waals surface area contributed by atoms with E-state index in [0.29, 0.717) is 21.2 Å². The van der Waals surface area contributed by atoms with Gasteiger partial charge < -0.3 is 9.84 Å². The maximum absolute atomic E-state index is 12.1. The normalized spacial score (nSPS) is 10.4. The number of carbonyl (C=O) groups is 2. The van der Waals surface area contributed by atoms with Crippen molar-refractivity contribution in [2.75, 3.05) is 5.32 Å². The number of hydrogen-bond acceptors (Lipinski definition) is 4. The van der Waals surface area contributed by atoms with Crippen molar-refractivity contribution in [3.05, 3.63) is 75.1 Å². The van der Waals surface area contributed by atoms with Crippen LogP contribution in [0, 0.1) is 0 Å². The van der Waals surface area contributed by atoms with Crippen molar-refractivity contribution < 1.29 is 19.4 Å². The second kappa shape index (κ2) is 8.43. The van der Waals surface area contributed by atoms with Gasteiger partial charge in [0, 0.05) is 26.6 Å². The first-order valence-electron chi connectivity index (χ1n) is 7.73. The second-order valence-electron chi connectivity index (χ2n) is 5.47. The fourth-order valence-corrected chi connectivity index (χ4v) is 3.87. The third kappa shape index (κ3) is 4.60. The summed E-state index contributed by atoms with van der Waals surface area (Å²) >= 11 is 13.2. The van der Waals surface area contributed by atoms with Gasteiger partial charge in [-0.2, -0.15) is 0 Å². The number of benzene rings is 2. The number of thiophene rings is 1. The predicted octanol–water partition coefficient (Wildman–Crippen LogP) is 6.17. The van der Waals surface area contributed by atoms with E-state index in [2.05, 4.69) is 5.32 Å². The molecule has 1 amide bonds. The Hall–Kier alpha value is -2.54. The Morgan fingerprint density at radius 3 is 2.48 bits per heavy atom. The minimum atomic E-state index is -1.18. The average Bonchev–Trinajstić information content (AvgIpc) is 3.04. The lowest BCUT2D eigenvalue weighted by Gasteiger charge is -2.08. The van der Waals surface area contributed by atoms with E-state index in [-0.39, 0.29) is 17.2 Å². The summed E-state index contributed by atoms with van der Waals surface area (Å²) in [7, 11) is 0. The Morgan fingerprint density at radius 1 is 1.07 bits per heavy atom. The molecule has 3 rings (SSSR count). The minimum absolute atomic E-state index is 0.0547. The van der Waals surface area contributed by atoms with E-state index in [1.165, 1.54) is 6.07 Å². The molecule has 0 unspecified atom stereocenters. The smallest absolute Gasteiger partial charge is 0.412 e. The second-order valence-corrected chi connectivity index (χ2v) is 7.19. The van der Waals surface area contributed by atoms with Crippen molar-refractivity contribution in [1.29, 1.82) is 0 Å². The van der Waals surface area contributed by atoms with Crippen LogP contribution in [0.4, 0.5) is 9.80 Å². The standard InChI is InChI=1S/C19H13Cl2NO4S/c20-12-6-7-13(15(21)8-12)14-10-27-17(16(14)18(23)24)22-19(25)26-9-11-4-2-1-3-5-11/h1-8,10H,9H2,(H,22,25)(H,23,24). The number of carboxylic acid groups (broad SMARTS) is 1. The number of carbonyl (C=O) groups excluding carboxylic acids is 1. The molecule has 138 valence electrons. The molecule has 8 heteroatoms. The molecule has 27 heavy (non-hydrogen) atoms. The van der Waals surface area contributed by atoms with Crippen LogP contribution in [0.5, 0.6) is 0 Å². The van der Waals surface area contributed by atoms with Gasteiger partial charge in [0.2, 0.25) is 0 Å². The first kappa shape index (κ1) is 19.2. The molecule has 0 spiro atoms. The van der Waals surface area contributed by atoms with E-state index in [1.807, 2.05) is 30.3 Å². The third-order valence-electron chi connectivity index (χ3n) is 3.65. The van der Waals surface area contributed by atoms with Crippen LogP contribution in [0.15, 0.2) is 53.9 Å². The van der Waals surface area contributed by atoms with E-state index in [0.717, 1.165) is 16.9 Å². The molecule has 0 fully saturated rings. The predicted molar refractivity (Wildman–Crippen MR) is 107 cm³/mol. The molecule has 2 aromatic carbocycles. The van der Waals surface area contributed by atoms with Crippen molar-refractivity contribution in [3.63, 3.8) is 0 Å². The Labute approximate surface area is 169 Å². The topological polar surface area (TPSA) is 75.6 Å². The van der Waals surface area contributed by atoms with Gasteiger partial charge in [0.25, 0.3) is 0 Å². The molecule has 0 aliphatic rings. The molecule has 0 saturated carbocycles. The molecule has 0 bridgehead atoms. The Kier molecular flexibility index (Phi) is 6.01. The van der Waals surface area contributed by atoms with Gasteiger partial charge in [-0.15, -0.1) is 11.3 Å². The highest BCUT2D eigenvalue weighted by atomic mass is 35.5. The summed E-state index contributed by atoms with van der Waals surface area (Å²) in [6.45, 7) is 0.0797. The van der Waals surface area contributed by atoms with Gasteiger partial charge >= 0.3 is 12.1 Å². The molecule has 2 N–H and O–H groups in total. The summed E-state index contributed by atoms with van der Waals surface area (Å²) in [5, 5.41) is 14.6. The van der Waals surface area contributed by atoms with Gasteiger partial charge in [-0.1, -0.05) is 59.6 Å². The molecule has 0 saturated heterocycles. The number of nitrogens with one attached hydrogen (secondary N) is 1. The van der Waals surface area contributed by atoms with Crippen LogP contribution < -0.4 is 5.32 Å². The number of ether oxygens (including phenoxy) is 1. The zero-order valence-electron chi connectivity index (χ0n) is 13.7. The van der Waals surface area contributed by atoms with E-state index in [1.54, 1.807) is 17.5 Å². The average molecular weight is 422 g/mol. The van der Waals surface area contributed by atoms with Gasteiger partial charge in [0.1, 0.15) is 17.2 Å². The summed E-state index contributed by atoms with van der Waals surface area (Å²) in [6, 6.07) is 14.0. The van der Waals surface area contributed by atoms with Crippen LogP contribution in [0.25, 0.3) is 11.1 Å². The quantitative estimate of drug-likeness (QED) is 0.516. The molecule has 0 aliphatic carbocycles. The Morgan fingerprint density at radius 2 is 1.81 bits per heavy atom. The fourth-order valence-electron chi connectivity index (χ4n) is 2.42. The number of amides is 1. The molecule has 5 nitrogen and oxygen atoms in total. The molecule has 1 aromatic heterocycles. The number of rotatable bonds is 5. The summed E-state index contributed by atoms with van der Waals surface area (Å²) in [4.78, 5) is 23.8. The lowest BCUT2D eigenvalue weighted by Crippen LogP contribution is -2.14. The van der Waals surface area contributed by atoms with E-state index in [9.17, 15) is 14.7 Å². The number of hydrogen-bond donors (Lipinski definition) is 2. The van der Waals surface area contributed by atoms with Crippen LogP contribution in [0.2, 0.25) is 10.0 Å². The molecule has 0 aliphatic heterocycles. The zero-order valence-corrected chi connectivity index (χ0v) is 16.1. The number of halogens is 2. The summed E-state index contributed by atoms with van der Waals surface area (Å²) in [5.41, 5.74) is 1.68. The van der Waals surface area contributed by atoms with Crippen LogP contribution in [0.3, 0.4) is 0 Å². The maximum Gasteiger partial charge on any atom is 0.412 e. The van der Waals surface area contributed by atoms with Crippen LogP contribution in [-0.4, -0.2) is 17.2 Å². The van der Waals surface area contributed by atoms with E-state index < -0.39 is 12.1 Å². The summed E-state index contributed by atoms with van der Waals surface area (Å²) in [5.74, 6) is -1.18. The van der Waals surface area contributed by atoms with Crippen molar-refractivity contribution in [2.24, 2.45) is 0 Å². The Balaban J connectivity index is 1.81. The van der Waals surface area contributed by atoms with Crippen molar-refractivity contribution >= 4 is 51.6 Å². The molecule has 1 heterocycles. The number of anilines is 1. The molecule has 0 atom stereocenters. The molecule has 3 aromatic rings. The van der Waals surface area contributed by atoms with Crippen LogP contribution in [-0.2, 0) is 11.3 Å². The van der Waals surface area contributed by atoms with Gasteiger partial charge in [0.15, 0.2) is 0 Å². The minimum Gasteiger partial charge on any atom is -0.478 e. The van der Waals surface area contributed by atoms with Gasteiger partial charge in [-0.3, -0.25) is 5.32 Å². The number of carboxylic acids is 1. The SMILES string of the molecule is O=C(Nc1scc(-c2ccc(Cl)cc2Cl)c1C(=O)O)OCc1ccccc1. The highest BCUT2D eigenvalue weighted by Gasteiger charge is 2.22. The fraction of sp³-hybridized carbons (Fsp3) is 0.0526. The largest absolute Gasteiger partial charge is 0.478 e. The zero-order chi connectivity index (χ0) is 19.4. The van der Waals surface area contributed by atoms with E-state index in [4.69, 9.17) is 27.9 Å². The summed E-state index contributed by atoms with van der Waals surface area (Å²) < 4.78 is 5.14. The van der Waals surface area contributed by atoms with Crippen LogP contribution >= 0.6 is 34.5 Å². The Bertz CT molecular complexity index is 989. The lowest BCUT2D eigenvalue weighted by atomic mass is 10.0. The van der Waals surface area contributed by atoms with Crippen molar-refractivity contribution in [3.8, 4) is 11.1 Å². The van der Waals surface area contributed by atoms with Crippen molar-refractivity contribution in [2.45, 2.75) is 6.61 Å². The number of aromatic carboxylic acids is 1. The van der Waals surface area contributed by atoms with Crippen LogP contribution in [0.1, 0.15) is 15.9 Å². The van der Waals surface area contributed by atoms with Gasteiger partial charge in [0.05, 0.1) is 0 Å². The van der Waals surface area contributed by atoms with E-state index >= 15 is 0 Å². The lowest BCUT2D eigenvalue weighted by molar-refractivity contribution is 0.0699. The van der Waals surface area contributed by atoms with Crippen molar-refractivity contribution in [1.82, 2.24) is 0 Å². The third-order valence-corrected chi connectivity index (χ3v) is 5.10. The maximum atomic E-state index is 12.1. The summed E-state index contributed by atoms with van der Waals surface area (Å²) in [6.07, 6.45) is -0.739. The first-order valence-corrected chi connectivity index (χ1v) is 9.37. The molecular weight excluding hydrogens is 409 g/mol. The highest BCUT2D eigenvalue weighted by Crippen LogP contribution is 2.39. The van der Waals surface area contributed by atoms with Gasteiger partial charge in [-0.05, 0) is 17.7 Å². The first-order chi connectivity index (χ1) is 13.0. The van der Waals surface area contributed by atoms with Gasteiger partial charge in [-0.25, -0.2) is 9.59 Å².